The van der Waals surface area contributed by atoms with Gasteiger partial charge in [-0.25, -0.2) is 9.59 Å². The maximum absolute atomic E-state index is 11.9. The van der Waals surface area contributed by atoms with Gasteiger partial charge in [-0.05, 0) is 61.4 Å². The molecular formula is C28H20N2O6. The number of aryl methyl sites for hydroxylation is 2. The molecule has 0 spiro atoms. The Balaban J connectivity index is 1.54. The van der Waals surface area contributed by atoms with Gasteiger partial charge in [0.2, 0.25) is 0 Å². The van der Waals surface area contributed by atoms with Crippen molar-refractivity contribution in [3.05, 3.63) is 104 Å². The molecule has 5 aromatic rings. The van der Waals surface area contributed by atoms with E-state index in [1.807, 2.05) is 0 Å². The average Bonchev–Trinajstić information content (AvgIpc) is 2.83. The van der Waals surface area contributed by atoms with Crippen LogP contribution in [0.4, 0.5) is 11.4 Å². The lowest BCUT2D eigenvalue weighted by Gasteiger charge is -2.06. The first-order chi connectivity index (χ1) is 17.3. The van der Waals surface area contributed by atoms with Gasteiger partial charge in [0, 0.05) is 40.9 Å². The van der Waals surface area contributed by atoms with E-state index in [2.05, 4.69) is 9.98 Å². The van der Waals surface area contributed by atoms with E-state index in [0.29, 0.717) is 38.9 Å². The summed E-state index contributed by atoms with van der Waals surface area (Å²) in [6.45, 7) is 3.55. The summed E-state index contributed by atoms with van der Waals surface area (Å²) in [5.74, 6) is -0.103. The fourth-order valence-corrected chi connectivity index (χ4v) is 3.95. The molecule has 0 fully saturated rings. The number of rotatable bonds is 4. The third-order valence-electron chi connectivity index (χ3n) is 5.79. The first kappa shape index (κ1) is 22.8. The summed E-state index contributed by atoms with van der Waals surface area (Å²) in [4.78, 5) is 32.6. The molecule has 0 unspecified atom stereocenters. The zero-order valence-corrected chi connectivity index (χ0v) is 19.4. The highest BCUT2D eigenvalue weighted by atomic mass is 16.4. The molecule has 0 bridgehead atoms. The lowest BCUT2D eigenvalue weighted by molar-refractivity contribution is 0.472. The molecule has 0 radical (unpaired) electrons. The molecule has 36 heavy (non-hydrogen) atoms. The molecule has 2 N–H and O–H groups in total. The molecule has 0 saturated carbocycles. The molecule has 8 heteroatoms. The highest BCUT2D eigenvalue weighted by Gasteiger charge is 2.11. The maximum atomic E-state index is 11.9. The quantitative estimate of drug-likeness (QED) is 0.261. The molecule has 0 amide bonds. The molecule has 5 rings (SSSR count). The topological polar surface area (TPSA) is 126 Å². The van der Waals surface area contributed by atoms with Crippen molar-refractivity contribution in [2.45, 2.75) is 13.8 Å². The molecule has 2 aromatic heterocycles. The first-order valence-corrected chi connectivity index (χ1v) is 11.0. The summed E-state index contributed by atoms with van der Waals surface area (Å²) in [6, 6.07) is 16.1. The summed E-state index contributed by atoms with van der Waals surface area (Å²) < 4.78 is 10.6. The van der Waals surface area contributed by atoms with Gasteiger partial charge in [0.15, 0.2) is 5.58 Å². The summed E-state index contributed by atoms with van der Waals surface area (Å²) in [7, 11) is 0. The Kier molecular flexibility index (Phi) is 5.69. The van der Waals surface area contributed by atoms with Crippen LogP contribution in [0.2, 0.25) is 0 Å². The SMILES string of the molecule is Cc1cc(=O)oc2cc(C=Nc3ccccc3N=Cc3c(O)ccc4c(C)cc(=O)oc34)c(O)cc12. The second kappa shape index (κ2) is 8.99. The number of benzene rings is 3. The lowest BCUT2D eigenvalue weighted by Crippen LogP contribution is -2.00. The van der Waals surface area contributed by atoms with Crippen molar-refractivity contribution < 1.29 is 19.0 Å². The molecule has 3 aromatic carbocycles. The second-order valence-electron chi connectivity index (χ2n) is 8.28. The van der Waals surface area contributed by atoms with Gasteiger partial charge in [-0.2, -0.15) is 0 Å². The minimum atomic E-state index is -0.522. The maximum Gasteiger partial charge on any atom is 0.336 e. The Hall–Kier alpha value is -4.98. The molecule has 0 atom stereocenters. The highest BCUT2D eigenvalue weighted by Crippen LogP contribution is 2.31. The van der Waals surface area contributed by atoms with Crippen LogP contribution in [0.1, 0.15) is 22.3 Å². The summed E-state index contributed by atoms with van der Waals surface area (Å²) >= 11 is 0. The van der Waals surface area contributed by atoms with Gasteiger partial charge in [0.25, 0.3) is 0 Å². The minimum absolute atomic E-state index is 0.0183. The third-order valence-corrected chi connectivity index (χ3v) is 5.79. The van der Waals surface area contributed by atoms with E-state index in [-0.39, 0.29) is 22.6 Å². The van der Waals surface area contributed by atoms with Crippen LogP contribution in [0.15, 0.2) is 89.1 Å². The predicted molar refractivity (Wildman–Crippen MR) is 139 cm³/mol. The van der Waals surface area contributed by atoms with Gasteiger partial charge in [-0.1, -0.05) is 12.1 Å². The number of phenolic OH excluding ortho intramolecular Hbond substituents is 2. The van der Waals surface area contributed by atoms with Crippen molar-refractivity contribution in [1.82, 2.24) is 0 Å². The van der Waals surface area contributed by atoms with Gasteiger partial charge in [0.05, 0.1) is 16.9 Å². The van der Waals surface area contributed by atoms with E-state index in [9.17, 15) is 19.8 Å². The second-order valence-corrected chi connectivity index (χ2v) is 8.28. The molecule has 0 aliphatic rings. The summed E-state index contributed by atoms with van der Waals surface area (Å²) in [6.07, 6.45) is 2.86. The fraction of sp³-hybridized carbons (Fsp3) is 0.0714. The fourth-order valence-electron chi connectivity index (χ4n) is 3.95. The Morgan fingerprint density at radius 3 is 2.08 bits per heavy atom. The molecular weight excluding hydrogens is 460 g/mol. The van der Waals surface area contributed by atoms with Crippen LogP contribution >= 0.6 is 0 Å². The number of aromatic hydroxyl groups is 2. The zero-order chi connectivity index (χ0) is 25.4. The number of phenols is 2. The standard InChI is InChI=1S/C28H20N2O6/c1-15-9-27(34)36-28-18(15)7-8-23(31)20(28)14-30-22-6-4-3-5-21(22)29-13-17-11-25-19(12-24(17)32)16(2)10-26(33)35-25/h3-14,31-32H,1-2H3. The Morgan fingerprint density at radius 2 is 1.36 bits per heavy atom. The Labute approximate surface area is 204 Å². The smallest absolute Gasteiger partial charge is 0.336 e. The van der Waals surface area contributed by atoms with Crippen LogP contribution in [0.3, 0.4) is 0 Å². The van der Waals surface area contributed by atoms with Crippen molar-refractivity contribution in [3.8, 4) is 11.5 Å². The predicted octanol–water partition coefficient (Wildman–Crippen LogP) is 5.43. The third kappa shape index (κ3) is 4.27. The van der Waals surface area contributed by atoms with Crippen molar-refractivity contribution in [2.75, 3.05) is 0 Å². The zero-order valence-electron chi connectivity index (χ0n) is 19.4. The van der Waals surface area contributed by atoms with Gasteiger partial charge in [-0.15, -0.1) is 0 Å². The van der Waals surface area contributed by atoms with Crippen LogP contribution in [0.5, 0.6) is 11.5 Å². The number of nitrogens with zero attached hydrogens (tertiary/aromatic N) is 2. The van der Waals surface area contributed by atoms with E-state index in [1.165, 1.54) is 36.7 Å². The van der Waals surface area contributed by atoms with Crippen LogP contribution in [0.25, 0.3) is 21.9 Å². The summed E-state index contributed by atoms with van der Waals surface area (Å²) in [5.41, 5.74) is 2.59. The van der Waals surface area contributed by atoms with Crippen LogP contribution < -0.4 is 11.3 Å². The Morgan fingerprint density at radius 1 is 0.722 bits per heavy atom. The molecule has 0 aliphatic carbocycles. The van der Waals surface area contributed by atoms with E-state index >= 15 is 0 Å². The molecule has 178 valence electrons. The van der Waals surface area contributed by atoms with Gasteiger partial charge >= 0.3 is 11.3 Å². The van der Waals surface area contributed by atoms with Gasteiger partial charge in [-0.3, -0.25) is 9.98 Å². The highest BCUT2D eigenvalue weighted by molar-refractivity contribution is 6.01. The molecule has 0 saturated heterocycles. The van der Waals surface area contributed by atoms with E-state index < -0.39 is 11.3 Å². The minimum Gasteiger partial charge on any atom is -0.507 e. The number of para-hydroxylation sites is 2. The number of aliphatic imine (C=N–C) groups is 2. The van der Waals surface area contributed by atoms with Crippen molar-refractivity contribution in [2.24, 2.45) is 9.98 Å². The normalized spacial score (nSPS) is 11.8. The molecule has 8 nitrogen and oxygen atoms in total. The van der Waals surface area contributed by atoms with Crippen molar-refractivity contribution in [3.63, 3.8) is 0 Å². The lowest BCUT2D eigenvalue weighted by atomic mass is 10.1. The summed E-state index contributed by atoms with van der Waals surface area (Å²) in [5, 5.41) is 22.2. The van der Waals surface area contributed by atoms with Crippen molar-refractivity contribution >= 4 is 45.7 Å². The van der Waals surface area contributed by atoms with Gasteiger partial charge in [0.1, 0.15) is 17.1 Å². The van der Waals surface area contributed by atoms with E-state index in [1.54, 1.807) is 50.2 Å². The van der Waals surface area contributed by atoms with Crippen LogP contribution in [-0.4, -0.2) is 22.6 Å². The number of hydrogen-bond donors (Lipinski definition) is 2. The first-order valence-electron chi connectivity index (χ1n) is 11.0. The monoisotopic (exact) mass is 480 g/mol. The van der Waals surface area contributed by atoms with Gasteiger partial charge < -0.3 is 19.0 Å². The molecule has 0 aliphatic heterocycles. The largest absolute Gasteiger partial charge is 0.507 e. The number of hydrogen-bond acceptors (Lipinski definition) is 8. The van der Waals surface area contributed by atoms with Crippen LogP contribution in [0, 0.1) is 13.8 Å². The number of fused-ring (bicyclic) bond motifs is 2. The van der Waals surface area contributed by atoms with E-state index in [4.69, 9.17) is 8.83 Å². The van der Waals surface area contributed by atoms with Crippen LogP contribution in [-0.2, 0) is 0 Å². The average molecular weight is 480 g/mol. The van der Waals surface area contributed by atoms with Crippen molar-refractivity contribution in [1.29, 1.82) is 0 Å². The molecule has 2 heterocycles. The van der Waals surface area contributed by atoms with E-state index in [0.717, 1.165) is 5.56 Å². The Bertz CT molecular complexity index is 1830.